The van der Waals surface area contributed by atoms with Crippen molar-refractivity contribution in [1.82, 2.24) is 0 Å². The summed E-state index contributed by atoms with van der Waals surface area (Å²) < 4.78 is 26.3. The predicted octanol–water partition coefficient (Wildman–Crippen LogP) is 2.40. The SMILES string of the molecule is O=[N+]([O-])c1cccc(NS(=O)(=O)c2ccccc2)c1. The van der Waals surface area contributed by atoms with Crippen molar-refractivity contribution in [3.8, 4) is 0 Å². The van der Waals surface area contributed by atoms with Gasteiger partial charge in [0.25, 0.3) is 15.7 Å². The summed E-state index contributed by atoms with van der Waals surface area (Å²) in [5.74, 6) is 0. The zero-order valence-electron chi connectivity index (χ0n) is 9.68. The van der Waals surface area contributed by atoms with Crippen molar-refractivity contribution in [2.75, 3.05) is 4.72 Å². The van der Waals surface area contributed by atoms with Crippen LogP contribution in [0.4, 0.5) is 11.4 Å². The van der Waals surface area contributed by atoms with Gasteiger partial charge in [0.2, 0.25) is 0 Å². The molecule has 2 aromatic carbocycles. The van der Waals surface area contributed by atoms with E-state index in [1.807, 2.05) is 0 Å². The fourth-order valence-corrected chi connectivity index (χ4v) is 2.57. The summed E-state index contributed by atoms with van der Waals surface area (Å²) in [5, 5.41) is 10.6. The first kappa shape index (κ1) is 13.0. The highest BCUT2D eigenvalue weighted by atomic mass is 32.2. The van der Waals surface area contributed by atoms with E-state index in [-0.39, 0.29) is 16.3 Å². The molecule has 0 spiro atoms. The maximum Gasteiger partial charge on any atom is 0.271 e. The summed E-state index contributed by atoms with van der Waals surface area (Å²) in [7, 11) is -3.73. The highest BCUT2D eigenvalue weighted by Crippen LogP contribution is 2.20. The molecule has 2 aromatic rings. The lowest BCUT2D eigenvalue weighted by atomic mass is 10.3. The molecule has 1 N–H and O–H groups in total. The maximum atomic E-state index is 12.0. The molecule has 0 bridgehead atoms. The minimum absolute atomic E-state index is 0.0986. The Bertz CT molecular complexity index is 699. The fourth-order valence-electron chi connectivity index (χ4n) is 1.50. The molecular weight excluding hydrogens is 268 g/mol. The molecule has 0 fully saturated rings. The number of nitro groups is 1. The van der Waals surface area contributed by atoms with E-state index >= 15 is 0 Å². The summed E-state index contributed by atoms with van der Waals surface area (Å²) >= 11 is 0. The average molecular weight is 278 g/mol. The van der Waals surface area contributed by atoms with Crippen LogP contribution in [0.2, 0.25) is 0 Å². The number of nitro benzene ring substituents is 1. The van der Waals surface area contributed by atoms with E-state index in [9.17, 15) is 18.5 Å². The average Bonchev–Trinajstić information content (AvgIpc) is 2.39. The van der Waals surface area contributed by atoms with Crippen molar-refractivity contribution in [3.05, 3.63) is 64.7 Å². The quantitative estimate of drug-likeness (QED) is 0.687. The van der Waals surface area contributed by atoms with E-state index in [1.165, 1.54) is 36.4 Å². The zero-order chi connectivity index (χ0) is 13.9. The van der Waals surface area contributed by atoms with Crippen LogP contribution in [0.5, 0.6) is 0 Å². The predicted molar refractivity (Wildman–Crippen MR) is 70.3 cm³/mol. The van der Waals surface area contributed by atoms with Gasteiger partial charge in [-0.25, -0.2) is 8.42 Å². The second-order valence-corrected chi connectivity index (χ2v) is 5.41. The molecule has 0 aliphatic rings. The fraction of sp³-hybridized carbons (Fsp3) is 0. The van der Waals surface area contributed by atoms with E-state index in [2.05, 4.69) is 4.72 Å². The number of non-ortho nitro benzene ring substituents is 1. The van der Waals surface area contributed by atoms with Gasteiger partial charge in [-0.3, -0.25) is 14.8 Å². The number of rotatable bonds is 4. The van der Waals surface area contributed by atoms with Crippen LogP contribution in [-0.4, -0.2) is 13.3 Å². The first-order chi connectivity index (χ1) is 8.99. The van der Waals surface area contributed by atoms with Gasteiger partial charge >= 0.3 is 0 Å². The molecule has 6 nitrogen and oxygen atoms in total. The smallest absolute Gasteiger partial charge is 0.271 e. The Kier molecular flexibility index (Phi) is 3.48. The molecule has 0 atom stereocenters. The molecule has 0 radical (unpaired) electrons. The second-order valence-electron chi connectivity index (χ2n) is 3.73. The Labute approximate surface area is 109 Å². The highest BCUT2D eigenvalue weighted by Gasteiger charge is 2.15. The van der Waals surface area contributed by atoms with Crippen molar-refractivity contribution in [1.29, 1.82) is 0 Å². The molecule has 98 valence electrons. The molecule has 7 heteroatoms. The van der Waals surface area contributed by atoms with E-state index in [1.54, 1.807) is 18.2 Å². The minimum Gasteiger partial charge on any atom is -0.279 e. The Balaban J connectivity index is 2.31. The van der Waals surface area contributed by atoms with Crippen molar-refractivity contribution >= 4 is 21.4 Å². The van der Waals surface area contributed by atoms with Crippen LogP contribution in [0, 0.1) is 10.1 Å². The van der Waals surface area contributed by atoms with Gasteiger partial charge in [-0.15, -0.1) is 0 Å². The summed E-state index contributed by atoms with van der Waals surface area (Å²) in [6.07, 6.45) is 0. The van der Waals surface area contributed by atoms with Crippen molar-refractivity contribution in [2.24, 2.45) is 0 Å². The van der Waals surface area contributed by atoms with Gasteiger partial charge in [0.05, 0.1) is 15.5 Å². The number of nitrogens with one attached hydrogen (secondary N) is 1. The lowest BCUT2D eigenvalue weighted by Crippen LogP contribution is -2.12. The molecule has 0 aliphatic heterocycles. The monoisotopic (exact) mass is 278 g/mol. The summed E-state index contributed by atoms with van der Waals surface area (Å²) in [6, 6.07) is 13.1. The Hall–Kier alpha value is -2.41. The van der Waals surface area contributed by atoms with Crippen LogP contribution < -0.4 is 4.72 Å². The molecule has 0 aliphatic carbocycles. The molecular formula is C12H10N2O4S. The van der Waals surface area contributed by atoms with Crippen LogP contribution in [0.1, 0.15) is 0 Å². The van der Waals surface area contributed by atoms with Crippen LogP contribution >= 0.6 is 0 Å². The minimum atomic E-state index is -3.73. The second kappa shape index (κ2) is 5.07. The zero-order valence-corrected chi connectivity index (χ0v) is 10.5. The summed E-state index contributed by atoms with van der Waals surface area (Å²) in [4.78, 5) is 10.1. The lowest BCUT2D eigenvalue weighted by Gasteiger charge is -2.07. The van der Waals surface area contributed by atoms with Gasteiger partial charge in [0.1, 0.15) is 0 Å². The lowest BCUT2D eigenvalue weighted by molar-refractivity contribution is -0.384. The number of anilines is 1. The number of hydrogen-bond donors (Lipinski definition) is 1. The third kappa shape index (κ3) is 3.08. The van der Waals surface area contributed by atoms with E-state index in [0.29, 0.717) is 0 Å². The van der Waals surface area contributed by atoms with Gasteiger partial charge in [-0.05, 0) is 18.2 Å². The standard InChI is InChI=1S/C12H10N2O4S/c15-14(16)11-6-4-5-10(9-11)13-19(17,18)12-7-2-1-3-8-12/h1-9,13H. The van der Waals surface area contributed by atoms with Gasteiger partial charge in [0, 0.05) is 12.1 Å². The van der Waals surface area contributed by atoms with Crippen molar-refractivity contribution < 1.29 is 13.3 Å². The van der Waals surface area contributed by atoms with E-state index in [4.69, 9.17) is 0 Å². The first-order valence-electron chi connectivity index (χ1n) is 5.31. The van der Waals surface area contributed by atoms with Crippen LogP contribution in [-0.2, 0) is 10.0 Å². The molecule has 0 heterocycles. The number of benzene rings is 2. The Morgan fingerprint density at radius 2 is 1.68 bits per heavy atom. The Morgan fingerprint density at radius 1 is 1.00 bits per heavy atom. The largest absolute Gasteiger partial charge is 0.279 e. The first-order valence-corrected chi connectivity index (χ1v) is 6.80. The topological polar surface area (TPSA) is 89.3 Å². The van der Waals surface area contributed by atoms with Gasteiger partial charge in [-0.1, -0.05) is 24.3 Å². The molecule has 0 saturated heterocycles. The molecule has 0 amide bonds. The number of sulfonamides is 1. The highest BCUT2D eigenvalue weighted by molar-refractivity contribution is 7.92. The van der Waals surface area contributed by atoms with E-state index in [0.717, 1.165) is 0 Å². The summed E-state index contributed by atoms with van der Waals surface area (Å²) in [6.45, 7) is 0. The molecule has 19 heavy (non-hydrogen) atoms. The van der Waals surface area contributed by atoms with Crippen LogP contribution in [0.15, 0.2) is 59.5 Å². The van der Waals surface area contributed by atoms with Crippen molar-refractivity contribution in [2.45, 2.75) is 4.90 Å². The third-order valence-electron chi connectivity index (χ3n) is 2.36. The molecule has 0 unspecified atom stereocenters. The molecule has 0 saturated carbocycles. The van der Waals surface area contributed by atoms with Crippen LogP contribution in [0.3, 0.4) is 0 Å². The maximum absolute atomic E-state index is 12.0. The third-order valence-corrected chi connectivity index (χ3v) is 3.76. The van der Waals surface area contributed by atoms with E-state index < -0.39 is 14.9 Å². The number of nitrogens with zero attached hydrogens (tertiary/aromatic N) is 1. The van der Waals surface area contributed by atoms with Crippen LogP contribution in [0.25, 0.3) is 0 Å². The van der Waals surface area contributed by atoms with Gasteiger partial charge < -0.3 is 0 Å². The molecule has 2 rings (SSSR count). The van der Waals surface area contributed by atoms with Crippen molar-refractivity contribution in [3.63, 3.8) is 0 Å². The Morgan fingerprint density at radius 3 is 2.32 bits per heavy atom. The van der Waals surface area contributed by atoms with Gasteiger partial charge in [-0.2, -0.15) is 0 Å². The normalized spacial score (nSPS) is 10.9. The number of hydrogen-bond acceptors (Lipinski definition) is 4. The van der Waals surface area contributed by atoms with Gasteiger partial charge in [0.15, 0.2) is 0 Å². The molecule has 0 aromatic heterocycles. The summed E-state index contributed by atoms with van der Waals surface area (Å²) in [5.41, 5.74) is -0.0219.